The van der Waals surface area contributed by atoms with Crippen molar-refractivity contribution in [3.63, 3.8) is 0 Å². The van der Waals surface area contributed by atoms with Crippen molar-refractivity contribution >= 4 is 17.4 Å². The highest BCUT2D eigenvalue weighted by Gasteiger charge is 2.06. The number of fused-ring (bicyclic) bond motifs is 1. The van der Waals surface area contributed by atoms with E-state index in [2.05, 4.69) is 44.1 Å². The second-order valence-electron chi connectivity index (χ2n) is 6.37. The molecule has 0 fully saturated rings. The first kappa shape index (κ1) is 19.3. The van der Waals surface area contributed by atoms with Crippen LogP contribution in [-0.4, -0.2) is 31.3 Å². The van der Waals surface area contributed by atoms with Crippen LogP contribution >= 0.6 is 0 Å². The van der Waals surface area contributed by atoms with Crippen LogP contribution in [0.1, 0.15) is 16.8 Å². The molecule has 0 unspecified atom stereocenters. The number of nitrogens with one attached hydrogen (secondary N) is 2. The van der Waals surface area contributed by atoms with Gasteiger partial charge in [-0.3, -0.25) is 9.89 Å². The quantitative estimate of drug-likeness (QED) is 0.466. The van der Waals surface area contributed by atoms with Gasteiger partial charge in [0.15, 0.2) is 0 Å². The summed E-state index contributed by atoms with van der Waals surface area (Å²) >= 11 is 0. The van der Waals surface area contributed by atoms with Crippen molar-refractivity contribution in [2.75, 3.05) is 0 Å². The standard InChI is InChI=1S/C12H12N4.C9H11NO2/c1-8-5-9-3-4-11(10-6-13-14-7-10)15-12(9)16(8)2;11-6-9-4-2-1-3-8(9)5-10-7-12/h3-7H,1-2H3,(H,13,14);1-4,7,11H,5-6H2,(H,10,12). The number of hydrogen-bond acceptors (Lipinski definition) is 4. The Morgan fingerprint density at radius 1 is 1.21 bits per heavy atom. The number of aromatic amines is 1. The van der Waals surface area contributed by atoms with Gasteiger partial charge in [0.25, 0.3) is 0 Å². The highest BCUT2D eigenvalue weighted by molar-refractivity contribution is 5.80. The van der Waals surface area contributed by atoms with Gasteiger partial charge in [0.1, 0.15) is 5.65 Å². The smallest absolute Gasteiger partial charge is 0.207 e. The molecule has 144 valence electrons. The predicted octanol–water partition coefficient (Wildman–Crippen LogP) is 2.70. The second kappa shape index (κ2) is 8.96. The highest BCUT2D eigenvalue weighted by atomic mass is 16.3. The lowest BCUT2D eigenvalue weighted by Gasteiger charge is -2.04. The van der Waals surface area contributed by atoms with Crippen LogP contribution in [0.5, 0.6) is 0 Å². The van der Waals surface area contributed by atoms with E-state index in [0.717, 1.165) is 28.0 Å². The first-order chi connectivity index (χ1) is 13.6. The largest absolute Gasteiger partial charge is 0.392 e. The van der Waals surface area contributed by atoms with E-state index in [0.29, 0.717) is 13.0 Å². The van der Waals surface area contributed by atoms with Gasteiger partial charge in [-0.05, 0) is 36.2 Å². The summed E-state index contributed by atoms with van der Waals surface area (Å²) in [7, 11) is 2.03. The Labute approximate surface area is 163 Å². The van der Waals surface area contributed by atoms with E-state index >= 15 is 0 Å². The summed E-state index contributed by atoms with van der Waals surface area (Å²) < 4.78 is 2.10. The van der Waals surface area contributed by atoms with Gasteiger partial charge < -0.3 is 15.0 Å². The molecule has 0 spiro atoms. The van der Waals surface area contributed by atoms with E-state index in [9.17, 15) is 4.79 Å². The number of aliphatic hydroxyl groups excluding tert-OH is 1. The van der Waals surface area contributed by atoms with Crippen molar-refractivity contribution in [2.24, 2.45) is 7.05 Å². The van der Waals surface area contributed by atoms with Crippen molar-refractivity contribution in [3.8, 4) is 11.3 Å². The lowest BCUT2D eigenvalue weighted by atomic mass is 10.1. The number of aryl methyl sites for hydroxylation is 2. The normalized spacial score (nSPS) is 10.4. The van der Waals surface area contributed by atoms with Gasteiger partial charge in [-0.2, -0.15) is 5.10 Å². The average molecular weight is 377 g/mol. The van der Waals surface area contributed by atoms with Crippen LogP contribution in [-0.2, 0) is 25.0 Å². The Kier molecular flexibility index (Phi) is 6.18. The molecule has 28 heavy (non-hydrogen) atoms. The summed E-state index contributed by atoms with van der Waals surface area (Å²) in [6.07, 6.45) is 4.28. The van der Waals surface area contributed by atoms with Crippen LogP contribution in [0.3, 0.4) is 0 Å². The number of benzene rings is 1. The van der Waals surface area contributed by atoms with Crippen LogP contribution in [0, 0.1) is 6.92 Å². The molecule has 7 nitrogen and oxygen atoms in total. The molecule has 3 heterocycles. The molecular formula is C21H23N5O2. The number of nitrogens with zero attached hydrogens (tertiary/aromatic N) is 3. The molecule has 1 amide bonds. The SMILES string of the molecule is Cc1cc2ccc(-c3cn[nH]c3)nc2n1C.O=CNCc1ccccc1CO. The molecule has 3 aromatic heterocycles. The van der Waals surface area contributed by atoms with Gasteiger partial charge in [0.2, 0.25) is 6.41 Å². The van der Waals surface area contributed by atoms with Crippen LogP contribution in [0.4, 0.5) is 0 Å². The molecule has 0 aliphatic heterocycles. The minimum Gasteiger partial charge on any atom is -0.392 e. The van der Waals surface area contributed by atoms with Crippen LogP contribution in [0.2, 0.25) is 0 Å². The number of H-pyrrole nitrogens is 1. The lowest BCUT2D eigenvalue weighted by molar-refractivity contribution is -0.109. The number of aromatic nitrogens is 4. The number of carbonyl (C=O) groups excluding carboxylic acids is 1. The van der Waals surface area contributed by atoms with Crippen molar-refractivity contribution in [3.05, 3.63) is 71.7 Å². The van der Waals surface area contributed by atoms with Crippen molar-refractivity contribution < 1.29 is 9.90 Å². The van der Waals surface area contributed by atoms with E-state index in [1.165, 1.54) is 11.1 Å². The predicted molar refractivity (Wildman–Crippen MR) is 108 cm³/mol. The van der Waals surface area contributed by atoms with Crippen molar-refractivity contribution in [1.29, 1.82) is 0 Å². The van der Waals surface area contributed by atoms with E-state index in [1.54, 1.807) is 6.20 Å². The fraction of sp³-hybridized carbons (Fsp3) is 0.190. The number of amides is 1. The van der Waals surface area contributed by atoms with E-state index < -0.39 is 0 Å². The molecule has 0 saturated heterocycles. The molecule has 0 aliphatic carbocycles. The molecule has 0 saturated carbocycles. The maximum atomic E-state index is 10.0. The molecule has 0 bridgehead atoms. The Bertz CT molecular complexity index is 1050. The molecule has 4 rings (SSSR count). The summed E-state index contributed by atoms with van der Waals surface area (Å²) in [4.78, 5) is 14.6. The van der Waals surface area contributed by atoms with E-state index in [4.69, 9.17) is 5.11 Å². The summed E-state index contributed by atoms with van der Waals surface area (Å²) in [6, 6.07) is 13.7. The second-order valence-corrected chi connectivity index (χ2v) is 6.37. The van der Waals surface area contributed by atoms with Gasteiger partial charge in [0, 0.05) is 36.4 Å². The van der Waals surface area contributed by atoms with Crippen LogP contribution < -0.4 is 5.32 Å². The Morgan fingerprint density at radius 2 is 2.00 bits per heavy atom. The number of hydrogen-bond donors (Lipinski definition) is 3. The molecule has 7 heteroatoms. The highest BCUT2D eigenvalue weighted by Crippen LogP contribution is 2.21. The third-order valence-electron chi connectivity index (χ3n) is 4.58. The number of rotatable bonds is 5. The Morgan fingerprint density at radius 3 is 2.68 bits per heavy atom. The molecule has 0 aliphatic rings. The zero-order chi connectivity index (χ0) is 19.9. The Hall–Kier alpha value is -3.45. The molecule has 4 aromatic rings. The molecule has 1 aromatic carbocycles. The van der Waals surface area contributed by atoms with Gasteiger partial charge in [0.05, 0.1) is 18.5 Å². The van der Waals surface area contributed by atoms with Crippen molar-refractivity contribution in [1.82, 2.24) is 25.1 Å². The topological polar surface area (TPSA) is 95.8 Å². The number of pyridine rings is 1. The van der Waals surface area contributed by atoms with Gasteiger partial charge in [-0.1, -0.05) is 24.3 Å². The first-order valence-electron chi connectivity index (χ1n) is 8.91. The third kappa shape index (κ3) is 4.27. The van der Waals surface area contributed by atoms with E-state index in [-0.39, 0.29) is 6.61 Å². The summed E-state index contributed by atoms with van der Waals surface area (Å²) in [6.45, 7) is 2.57. The zero-order valence-electron chi connectivity index (χ0n) is 15.9. The lowest BCUT2D eigenvalue weighted by Crippen LogP contribution is -2.11. The maximum absolute atomic E-state index is 10.0. The van der Waals surface area contributed by atoms with Gasteiger partial charge >= 0.3 is 0 Å². The molecule has 0 radical (unpaired) electrons. The third-order valence-corrected chi connectivity index (χ3v) is 4.58. The minimum absolute atomic E-state index is 0.0106. The fourth-order valence-corrected chi connectivity index (χ4v) is 2.92. The van der Waals surface area contributed by atoms with Crippen molar-refractivity contribution in [2.45, 2.75) is 20.1 Å². The van der Waals surface area contributed by atoms with Gasteiger partial charge in [-0.15, -0.1) is 0 Å². The van der Waals surface area contributed by atoms with Gasteiger partial charge in [-0.25, -0.2) is 4.98 Å². The number of aliphatic hydroxyl groups is 1. The minimum atomic E-state index is 0.0106. The molecule has 0 atom stereocenters. The maximum Gasteiger partial charge on any atom is 0.207 e. The average Bonchev–Trinajstić information content (AvgIpc) is 3.36. The fourth-order valence-electron chi connectivity index (χ4n) is 2.92. The summed E-state index contributed by atoms with van der Waals surface area (Å²) in [5.74, 6) is 0. The monoisotopic (exact) mass is 377 g/mol. The number of carbonyl (C=O) groups is 1. The summed E-state index contributed by atoms with van der Waals surface area (Å²) in [5, 5.41) is 19.4. The summed E-state index contributed by atoms with van der Waals surface area (Å²) in [5.41, 5.74) is 5.99. The molecular weight excluding hydrogens is 354 g/mol. The Balaban J connectivity index is 0.000000169. The first-order valence-corrected chi connectivity index (χ1v) is 8.91. The zero-order valence-corrected chi connectivity index (χ0v) is 15.9. The van der Waals surface area contributed by atoms with Crippen LogP contribution in [0.15, 0.2) is 54.9 Å². The molecule has 3 N–H and O–H groups in total. The van der Waals surface area contributed by atoms with Crippen LogP contribution in [0.25, 0.3) is 22.3 Å². The van der Waals surface area contributed by atoms with E-state index in [1.807, 2.05) is 43.6 Å².